The summed E-state index contributed by atoms with van der Waals surface area (Å²) >= 11 is 0. The van der Waals surface area contributed by atoms with Gasteiger partial charge >= 0.3 is 0 Å². The van der Waals surface area contributed by atoms with E-state index >= 15 is 0 Å². The molecule has 54 heavy (non-hydrogen) atoms. The average molecular weight is 759 g/mol. The first-order valence-corrected chi connectivity index (χ1v) is 25.8. The molecular formula is C52H102O2. The van der Waals surface area contributed by atoms with Gasteiger partial charge < -0.3 is 9.90 Å². The number of rotatable bonds is 47. The van der Waals surface area contributed by atoms with Crippen molar-refractivity contribution in [2.75, 3.05) is 0 Å². The van der Waals surface area contributed by atoms with E-state index in [0.29, 0.717) is 5.92 Å². The molecule has 2 nitrogen and oxygen atoms in total. The summed E-state index contributed by atoms with van der Waals surface area (Å²) in [5, 5.41) is 10.6. The molecule has 0 aromatic heterocycles. The van der Waals surface area contributed by atoms with E-state index < -0.39 is 0 Å². The third-order valence-corrected chi connectivity index (χ3v) is 13.5. The predicted octanol–water partition coefficient (Wildman–Crippen LogP) is 18.0. The molecule has 0 radical (unpaired) electrons. The number of hydrogen-bond acceptors (Lipinski definition) is 2. The second kappa shape index (κ2) is 42.2. The predicted molar refractivity (Wildman–Crippen MR) is 242 cm³/mol. The number of aliphatic hydroxyl groups excluding tert-OH is 1. The SMILES string of the molecule is CCCCCCCCCCCCCCCCCC[C@@H](C)[C@H](O)CCCCCCCCCCCCCCCCCC[C@H]1C[C@H]1CCCCCCCCCC=O. The van der Waals surface area contributed by atoms with E-state index in [-0.39, 0.29) is 6.10 Å². The van der Waals surface area contributed by atoms with Gasteiger partial charge in [-0.3, -0.25) is 0 Å². The minimum absolute atomic E-state index is 0.0742. The Morgan fingerprint density at radius 2 is 0.685 bits per heavy atom. The van der Waals surface area contributed by atoms with Crippen molar-refractivity contribution < 1.29 is 9.90 Å². The molecule has 1 aliphatic carbocycles. The highest BCUT2D eigenvalue weighted by Gasteiger charge is 2.35. The summed E-state index contributed by atoms with van der Waals surface area (Å²) in [6.45, 7) is 4.59. The first-order chi connectivity index (χ1) is 26.7. The van der Waals surface area contributed by atoms with Gasteiger partial charge in [-0.2, -0.15) is 0 Å². The lowest BCUT2D eigenvalue weighted by Gasteiger charge is -2.18. The van der Waals surface area contributed by atoms with E-state index in [2.05, 4.69) is 13.8 Å². The van der Waals surface area contributed by atoms with E-state index in [1.54, 1.807) is 0 Å². The molecule has 0 spiro atoms. The van der Waals surface area contributed by atoms with Gasteiger partial charge in [0.2, 0.25) is 0 Å². The van der Waals surface area contributed by atoms with Gasteiger partial charge in [-0.1, -0.05) is 271 Å². The first-order valence-electron chi connectivity index (χ1n) is 25.8. The summed E-state index contributed by atoms with van der Waals surface area (Å²) in [7, 11) is 0. The van der Waals surface area contributed by atoms with E-state index in [1.165, 1.54) is 270 Å². The van der Waals surface area contributed by atoms with E-state index in [1.807, 2.05) is 0 Å². The summed E-state index contributed by atoms with van der Waals surface area (Å²) < 4.78 is 0. The molecule has 4 atom stereocenters. The number of hydrogen-bond donors (Lipinski definition) is 1. The molecule has 1 rings (SSSR count). The van der Waals surface area contributed by atoms with Gasteiger partial charge in [-0.25, -0.2) is 0 Å². The molecular weight excluding hydrogens is 657 g/mol. The van der Waals surface area contributed by atoms with Gasteiger partial charge in [0, 0.05) is 6.42 Å². The zero-order valence-corrected chi connectivity index (χ0v) is 37.6. The molecule has 0 unspecified atom stereocenters. The van der Waals surface area contributed by atoms with Crippen LogP contribution in [0.2, 0.25) is 0 Å². The van der Waals surface area contributed by atoms with Gasteiger partial charge in [0.25, 0.3) is 0 Å². The molecule has 1 N–H and O–H groups in total. The van der Waals surface area contributed by atoms with Crippen LogP contribution in [0.15, 0.2) is 0 Å². The van der Waals surface area contributed by atoms with Crippen LogP contribution in [0.1, 0.15) is 303 Å². The monoisotopic (exact) mass is 759 g/mol. The summed E-state index contributed by atoms with van der Waals surface area (Å²) in [5.74, 6) is 2.65. The molecule has 2 heteroatoms. The normalized spacial score (nSPS) is 16.6. The molecule has 0 heterocycles. The minimum Gasteiger partial charge on any atom is -0.393 e. The molecule has 0 aromatic rings. The minimum atomic E-state index is -0.0742. The molecule has 1 saturated carbocycles. The Balaban J connectivity index is 1.70. The Labute approximate surface area is 341 Å². The van der Waals surface area contributed by atoms with Gasteiger partial charge in [-0.15, -0.1) is 0 Å². The van der Waals surface area contributed by atoms with Crippen LogP contribution in [0.5, 0.6) is 0 Å². The lowest BCUT2D eigenvalue weighted by Crippen LogP contribution is -2.17. The third kappa shape index (κ3) is 37.2. The molecule has 1 aliphatic rings. The van der Waals surface area contributed by atoms with Crippen LogP contribution in [0.25, 0.3) is 0 Å². The molecule has 322 valence electrons. The topological polar surface area (TPSA) is 37.3 Å². The fourth-order valence-electron chi connectivity index (χ4n) is 9.26. The molecule has 0 aromatic carbocycles. The zero-order chi connectivity index (χ0) is 38.8. The van der Waals surface area contributed by atoms with Crippen LogP contribution in [-0.2, 0) is 4.79 Å². The second-order valence-electron chi connectivity index (χ2n) is 18.8. The lowest BCUT2D eigenvalue weighted by molar-refractivity contribution is -0.107. The summed E-state index contributed by atoms with van der Waals surface area (Å²) in [4.78, 5) is 10.4. The molecule has 0 saturated heterocycles. The number of aliphatic hydroxyl groups is 1. The third-order valence-electron chi connectivity index (χ3n) is 13.5. The van der Waals surface area contributed by atoms with Crippen molar-refractivity contribution >= 4 is 6.29 Å². The van der Waals surface area contributed by atoms with Crippen molar-refractivity contribution in [3.63, 3.8) is 0 Å². The van der Waals surface area contributed by atoms with Crippen LogP contribution in [-0.4, -0.2) is 17.5 Å². The van der Waals surface area contributed by atoms with Crippen molar-refractivity contribution in [1.82, 2.24) is 0 Å². The van der Waals surface area contributed by atoms with Crippen molar-refractivity contribution in [1.29, 1.82) is 0 Å². The molecule has 0 aliphatic heterocycles. The first kappa shape index (κ1) is 51.6. The fourth-order valence-corrected chi connectivity index (χ4v) is 9.26. The number of aldehydes is 1. The Morgan fingerprint density at radius 1 is 0.407 bits per heavy atom. The van der Waals surface area contributed by atoms with Gasteiger partial charge in [0.1, 0.15) is 6.29 Å². The van der Waals surface area contributed by atoms with Gasteiger partial charge in [-0.05, 0) is 43.4 Å². The molecule has 1 fully saturated rings. The van der Waals surface area contributed by atoms with Crippen LogP contribution < -0.4 is 0 Å². The Morgan fingerprint density at radius 3 is 1.02 bits per heavy atom. The average Bonchev–Trinajstić information content (AvgIpc) is 3.94. The number of carbonyl (C=O) groups is 1. The fraction of sp³-hybridized carbons (Fsp3) is 0.981. The standard InChI is InChI=1S/C52H102O2/c1-3-4-5-6-7-8-9-10-11-14-17-20-23-28-33-38-43-49(2)52(54)46-41-36-31-25-22-19-16-13-12-15-18-21-24-29-34-39-44-50-48-51(50)45-40-35-30-26-27-32-37-42-47-53/h47,49-52,54H,3-46,48H2,1-2H3/t49-,50+,51-,52-/m1/s1. The smallest absolute Gasteiger partial charge is 0.119 e. The second-order valence-corrected chi connectivity index (χ2v) is 18.8. The quantitative estimate of drug-likeness (QED) is 0.0496. The maximum Gasteiger partial charge on any atom is 0.119 e. The van der Waals surface area contributed by atoms with Crippen LogP contribution in [0, 0.1) is 17.8 Å². The Hall–Kier alpha value is -0.370. The van der Waals surface area contributed by atoms with Gasteiger partial charge in [0.15, 0.2) is 0 Å². The van der Waals surface area contributed by atoms with Crippen molar-refractivity contribution in [3.05, 3.63) is 0 Å². The van der Waals surface area contributed by atoms with Crippen LogP contribution >= 0.6 is 0 Å². The summed E-state index contributed by atoms with van der Waals surface area (Å²) in [5.41, 5.74) is 0. The summed E-state index contributed by atoms with van der Waals surface area (Å²) in [6, 6.07) is 0. The highest BCUT2D eigenvalue weighted by Crippen LogP contribution is 2.45. The largest absolute Gasteiger partial charge is 0.393 e. The van der Waals surface area contributed by atoms with Crippen molar-refractivity contribution in [2.24, 2.45) is 17.8 Å². The number of carbonyl (C=O) groups excluding carboxylic acids is 1. The summed E-state index contributed by atoms with van der Waals surface area (Å²) in [6.07, 6.45) is 63.6. The maximum atomic E-state index is 10.6. The van der Waals surface area contributed by atoms with Crippen LogP contribution in [0.3, 0.4) is 0 Å². The van der Waals surface area contributed by atoms with Crippen molar-refractivity contribution in [2.45, 2.75) is 309 Å². The lowest BCUT2D eigenvalue weighted by atomic mass is 9.93. The maximum absolute atomic E-state index is 10.6. The van der Waals surface area contributed by atoms with E-state index in [0.717, 1.165) is 37.4 Å². The van der Waals surface area contributed by atoms with E-state index in [4.69, 9.17) is 0 Å². The van der Waals surface area contributed by atoms with Crippen LogP contribution in [0.4, 0.5) is 0 Å². The number of unbranched alkanes of at least 4 members (excludes halogenated alkanes) is 37. The Bertz CT molecular complexity index is 719. The van der Waals surface area contributed by atoms with Crippen molar-refractivity contribution in [3.8, 4) is 0 Å². The van der Waals surface area contributed by atoms with Gasteiger partial charge in [0.05, 0.1) is 6.10 Å². The molecule has 0 bridgehead atoms. The Kier molecular flexibility index (Phi) is 40.4. The highest BCUT2D eigenvalue weighted by molar-refractivity contribution is 5.48. The highest BCUT2D eigenvalue weighted by atomic mass is 16.3. The van der Waals surface area contributed by atoms with E-state index in [9.17, 15) is 9.90 Å². The zero-order valence-electron chi connectivity index (χ0n) is 37.6. The molecule has 0 amide bonds.